The first-order valence-electron chi connectivity index (χ1n) is 11.3. The van der Waals surface area contributed by atoms with Crippen molar-refractivity contribution >= 4 is 0 Å². The number of para-hydroxylation sites is 2. The van der Waals surface area contributed by atoms with Crippen molar-refractivity contribution in [1.82, 2.24) is 0 Å². The molecule has 0 saturated heterocycles. The highest BCUT2D eigenvalue weighted by Crippen LogP contribution is 2.29. The summed E-state index contributed by atoms with van der Waals surface area (Å²) < 4.78 is 6.23. The second kappa shape index (κ2) is 23.9. The van der Waals surface area contributed by atoms with Crippen LogP contribution in [0.15, 0.2) is 73.8 Å². The normalized spacial score (nSPS) is 8.97. The smallest absolute Gasteiger partial charge is 0.130 e. The van der Waals surface area contributed by atoms with Crippen molar-refractivity contribution in [3.05, 3.63) is 85.0 Å². The molecule has 174 valence electrons. The Kier molecular flexibility index (Phi) is 23.8. The predicted octanol–water partition coefficient (Wildman–Crippen LogP) is 7.52. The largest absolute Gasteiger partial charge is 0.457 e. The van der Waals surface area contributed by atoms with Crippen molar-refractivity contribution in [2.24, 2.45) is 0 Å². The van der Waals surface area contributed by atoms with Crippen LogP contribution in [0.3, 0.4) is 0 Å². The monoisotopic (exact) mass is 428 g/mol. The van der Waals surface area contributed by atoms with E-state index in [4.69, 9.17) is 14.9 Å². The number of hydrogen-bond donors (Lipinski definition) is 2. The molecule has 31 heavy (non-hydrogen) atoms. The average molecular weight is 429 g/mol. The summed E-state index contributed by atoms with van der Waals surface area (Å²) in [5, 5.41) is 15.2. The van der Waals surface area contributed by atoms with Crippen LogP contribution in [0.2, 0.25) is 0 Å². The number of aliphatic hydroxyl groups is 2. The van der Waals surface area contributed by atoms with Crippen molar-refractivity contribution in [3.63, 3.8) is 0 Å². The zero-order valence-electron chi connectivity index (χ0n) is 20.1. The van der Waals surface area contributed by atoms with Crippen molar-refractivity contribution in [1.29, 1.82) is 0 Å². The summed E-state index contributed by atoms with van der Waals surface area (Å²) in [7, 11) is 0. The number of hydrogen-bond acceptors (Lipinski definition) is 3. The molecule has 0 atom stereocenters. The molecule has 0 aliphatic heterocycles. The van der Waals surface area contributed by atoms with Crippen LogP contribution in [0.1, 0.15) is 64.5 Å². The lowest BCUT2D eigenvalue weighted by Crippen LogP contribution is -1.95. The Morgan fingerprint density at radius 3 is 1.32 bits per heavy atom. The zero-order valence-corrected chi connectivity index (χ0v) is 20.1. The Bertz CT molecular complexity index is 607. The highest BCUT2D eigenvalue weighted by Gasteiger charge is 2.07. The van der Waals surface area contributed by atoms with Crippen LogP contribution in [0.5, 0.6) is 11.5 Å². The lowest BCUT2D eigenvalue weighted by Gasteiger charge is -2.14. The summed E-state index contributed by atoms with van der Waals surface area (Å²) in [6, 6.07) is 16.8. The van der Waals surface area contributed by atoms with Gasteiger partial charge in [-0.25, -0.2) is 0 Å². The maximum Gasteiger partial charge on any atom is 0.130 e. The molecule has 0 unspecified atom stereocenters. The Labute approximate surface area is 191 Å². The standard InChI is InChI=1S/C20H26O.2C3H6.C2H6O2/c1-3-5-11-17-13-7-9-15-19(17)21-20-16-10-8-14-18(20)12-6-4-2;2*1-3-2;3-1-2-4/h7-10,13-16H,3-6,11-12H2,1-2H3;2*3H,1H2,2H3;3-4H,1-2H2. The van der Waals surface area contributed by atoms with Crippen molar-refractivity contribution in [3.8, 4) is 11.5 Å². The summed E-state index contributed by atoms with van der Waals surface area (Å²) in [6.45, 7) is 14.7. The molecule has 0 fully saturated rings. The van der Waals surface area contributed by atoms with Gasteiger partial charge >= 0.3 is 0 Å². The van der Waals surface area contributed by atoms with Crippen LogP contribution in [0.4, 0.5) is 0 Å². The van der Waals surface area contributed by atoms with Crippen molar-refractivity contribution in [2.45, 2.75) is 66.2 Å². The van der Waals surface area contributed by atoms with Gasteiger partial charge in [0.05, 0.1) is 13.2 Å². The van der Waals surface area contributed by atoms with Gasteiger partial charge in [0.2, 0.25) is 0 Å². The number of unbranched alkanes of at least 4 members (excludes halogenated alkanes) is 2. The molecular weight excluding hydrogens is 384 g/mol. The number of benzene rings is 2. The Morgan fingerprint density at radius 1 is 0.710 bits per heavy atom. The zero-order chi connectivity index (χ0) is 23.7. The third-order valence-corrected chi connectivity index (χ3v) is 3.86. The van der Waals surface area contributed by atoms with Gasteiger partial charge in [0.1, 0.15) is 11.5 Å². The van der Waals surface area contributed by atoms with Crippen LogP contribution in [-0.4, -0.2) is 23.4 Å². The second-order valence-electron chi connectivity index (χ2n) is 6.79. The molecule has 0 bridgehead atoms. The predicted molar refractivity (Wildman–Crippen MR) is 136 cm³/mol. The van der Waals surface area contributed by atoms with E-state index >= 15 is 0 Å². The van der Waals surface area contributed by atoms with E-state index in [2.05, 4.69) is 75.5 Å². The third-order valence-electron chi connectivity index (χ3n) is 3.86. The van der Waals surface area contributed by atoms with E-state index in [1.807, 2.05) is 13.8 Å². The lowest BCUT2D eigenvalue weighted by atomic mass is 10.1. The first-order chi connectivity index (χ1) is 15.1. The van der Waals surface area contributed by atoms with Crippen molar-refractivity contribution in [2.75, 3.05) is 13.2 Å². The molecule has 2 rings (SSSR count). The minimum absolute atomic E-state index is 0.125. The molecule has 3 nitrogen and oxygen atoms in total. The van der Waals surface area contributed by atoms with Crippen LogP contribution in [0.25, 0.3) is 0 Å². The van der Waals surface area contributed by atoms with E-state index in [-0.39, 0.29) is 13.2 Å². The van der Waals surface area contributed by atoms with Gasteiger partial charge in [-0.3, -0.25) is 0 Å². The molecule has 2 aromatic carbocycles. The average Bonchev–Trinajstić information content (AvgIpc) is 2.79. The molecule has 0 aliphatic carbocycles. The minimum Gasteiger partial charge on any atom is -0.457 e. The van der Waals surface area contributed by atoms with Gasteiger partial charge in [0, 0.05) is 0 Å². The number of rotatable bonds is 9. The van der Waals surface area contributed by atoms with E-state index in [1.165, 1.54) is 36.8 Å². The summed E-state index contributed by atoms with van der Waals surface area (Å²) in [5.74, 6) is 2.02. The van der Waals surface area contributed by atoms with Gasteiger partial charge in [-0.1, -0.05) is 75.2 Å². The molecule has 0 heterocycles. The first kappa shape index (κ1) is 30.8. The second-order valence-corrected chi connectivity index (χ2v) is 6.79. The SMILES string of the molecule is C=CC.C=CC.CCCCc1ccccc1Oc1ccccc1CCCC.OCCO. The first-order valence-corrected chi connectivity index (χ1v) is 11.3. The Balaban J connectivity index is 0. The molecule has 2 aromatic rings. The highest BCUT2D eigenvalue weighted by molar-refractivity contribution is 5.41. The molecule has 0 aromatic heterocycles. The van der Waals surface area contributed by atoms with Gasteiger partial charge in [0.15, 0.2) is 0 Å². The quantitative estimate of drug-likeness (QED) is 0.406. The van der Waals surface area contributed by atoms with Gasteiger partial charge in [-0.15, -0.1) is 13.2 Å². The van der Waals surface area contributed by atoms with E-state index in [0.717, 1.165) is 24.3 Å². The fourth-order valence-corrected chi connectivity index (χ4v) is 2.47. The maximum absolute atomic E-state index is 7.62. The summed E-state index contributed by atoms with van der Waals surface area (Å²) >= 11 is 0. The van der Waals surface area contributed by atoms with E-state index in [9.17, 15) is 0 Å². The fourth-order valence-electron chi connectivity index (χ4n) is 2.47. The highest BCUT2D eigenvalue weighted by atomic mass is 16.5. The molecule has 2 N–H and O–H groups in total. The van der Waals surface area contributed by atoms with E-state index in [0.29, 0.717) is 0 Å². The van der Waals surface area contributed by atoms with Gasteiger partial charge in [-0.2, -0.15) is 0 Å². The number of ether oxygens (including phenoxy) is 1. The molecular formula is C28H44O3. The van der Waals surface area contributed by atoms with Crippen LogP contribution >= 0.6 is 0 Å². The van der Waals surface area contributed by atoms with E-state index < -0.39 is 0 Å². The number of allylic oxidation sites excluding steroid dienone is 2. The van der Waals surface area contributed by atoms with E-state index in [1.54, 1.807) is 12.2 Å². The lowest BCUT2D eigenvalue weighted by molar-refractivity contribution is 0.186. The maximum atomic E-state index is 7.62. The van der Waals surface area contributed by atoms with Crippen LogP contribution in [-0.2, 0) is 12.8 Å². The fraction of sp³-hybridized carbons (Fsp3) is 0.429. The summed E-state index contributed by atoms with van der Waals surface area (Å²) in [6.07, 6.45) is 10.5. The van der Waals surface area contributed by atoms with Crippen molar-refractivity contribution < 1.29 is 14.9 Å². The molecule has 0 amide bonds. The molecule has 0 radical (unpaired) electrons. The minimum atomic E-state index is -0.125. The summed E-state index contributed by atoms with van der Waals surface area (Å²) in [5.41, 5.74) is 2.62. The van der Waals surface area contributed by atoms with Gasteiger partial charge in [-0.05, 0) is 62.8 Å². The molecule has 0 saturated carbocycles. The van der Waals surface area contributed by atoms with Crippen LogP contribution < -0.4 is 4.74 Å². The third kappa shape index (κ3) is 17.1. The van der Waals surface area contributed by atoms with Gasteiger partial charge < -0.3 is 14.9 Å². The Hall–Kier alpha value is -2.36. The molecule has 3 heteroatoms. The number of aryl methyl sites for hydroxylation is 2. The van der Waals surface area contributed by atoms with Gasteiger partial charge in [0.25, 0.3) is 0 Å². The number of aliphatic hydroxyl groups excluding tert-OH is 2. The molecule has 0 aliphatic rings. The molecule has 0 spiro atoms. The van der Waals surface area contributed by atoms with Crippen LogP contribution in [0, 0.1) is 0 Å². The Morgan fingerprint density at radius 2 is 1.03 bits per heavy atom. The summed E-state index contributed by atoms with van der Waals surface area (Å²) in [4.78, 5) is 0. The topological polar surface area (TPSA) is 49.7 Å².